The van der Waals surface area contributed by atoms with Crippen molar-refractivity contribution in [3.63, 3.8) is 0 Å². The number of esters is 1. The second-order valence-electron chi connectivity index (χ2n) is 8.70. The Morgan fingerprint density at radius 2 is 2.00 bits per heavy atom. The van der Waals surface area contributed by atoms with Crippen LogP contribution in [0, 0.1) is 0 Å². The highest BCUT2D eigenvalue weighted by Gasteiger charge is 2.54. The number of ether oxygens (including phenoxy) is 2. The molecule has 0 amide bonds. The molecule has 1 unspecified atom stereocenters. The lowest BCUT2D eigenvalue weighted by Gasteiger charge is -2.27. The molecule has 1 fully saturated rings. The average Bonchev–Trinajstić information content (AvgIpc) is 3.36. The number of rotatable bonds is 9. The molecule has 1 aliphatic rings. The fourth-order valence-corrected chi connectivity index (χ4v) is 5.49. The molecular weight excluding hydrogens is 507 g/mol. The lowest BCUT2D eigenvalue weighted by atomic mass is 9.96. The number of aliphatic hydroxyl groups is 2. The summed E-state index contributed by atoms with van der Waals surface area (Å²) >= 11 is 0. The minimum absolute atomic E-state index is 0.0761. The van der Waals surface area contributed by atoms with Gasteiger partial charge in [0.25, 0.3) is 0 Å². The van der Waals surface area contributed by atoms with Crippen LogP contribution in [0.2, 0.25) is 0 Å². The highest BCUT2D eigenvalue weighted by Crippen LogP contribution is 2.47. The lowest BCUT2D eigenvalue weighted by Crippen LogP contribution is -2.44. The Morgan fingerprint density at radius 1 is 1.30 bits per heavy atom. The van der Waals surface area contributed by atoms with Crippen LogP contribution in [0.25, 0.3) is 11.0 Å². The van der Waals surface area contributed by atoms with E-state index >= 15 is 0 Å². The van der Waals surface area contributed by atoms with E-state index in [4.69, 9.17) is 25.3 Å². The molecule has 1 saturated heterocycles. The summed E-state index contributed by atoms with van der Waals surface area (Å²) in [6, 6.07) is 8.76. The maximum Gasteiger partial charge on any atom is 0.459 e. The van der Waals surface area contributed by atoms with E-state index in [1.54, 1.807) is 42.6 Å². The van der Waals surface area contributed by atoms with Crippen molar-refractivity contribution in [1.82, 2.24) is 19.6 Å². The van der Waals surface area contributed by atoms with Gasteiger partial charge in [0.1, 0.15) is 41.1 Å². The van der Waals surface area contributed by atoms with Gasteiger partial charge in [0.15, 0.2) is 6.23 Å². The summed E-state index contributed by atoms with van der Waals surface area (Å²) in [5.41, 5.74) is 10.1. The van der Waals surface area contributed by atoms with Crippen molar-refractivity contribution < 1.29 is 38.1 Å². The molecule has 4 rings (SSSR count). The van der Waals surface area contributed by atoms with Gasteiger partial charge in [0, 0.05) is 6.20 Å². The number of nitrogens with zero attached hydrogens (tertiary/aromatic N) is 3. The molecule has 0 radical (unpaired) electrons. The number of aromatic nitrogens is 3. The molecule has 0 spiro atoms. The van der Waals surface area contributed by atoms with Gasteiger partial charge in [-0.15, -0.1) is 0 Å². The second-order valence-corrected chi connectivity index (χ2v) is 10.4. The number of hydrogen-bond acceptors (Lipinski definition) is 12. The van der Waals surface area contributed by atoms with Gasteiger partial charge in [-0.25, -0.2) is 4.57 Å². The normalized spacial score (nSPS) is 26.0. The molecule has 7 N–H and O–H groups in total. The molecule has 37 heavy (non-hydrogen) atoms. The molecule has 200 valence electrons. The van der Waals surface area contributed by atoms with Crippen LogP contribution in [0.3, 0.4) is 0 Å². The van der Waals surface area contributed by atoms with E-state index in [2.05, 4.69) is 19.8 Å². The van der Waals surface area contributed by atoms with E-state index in [0.29, 0.717) is 5.39 Å². The summed E-state index contributed by atoms with van der Waals surface area (Å²) in [5, 5.41) is 25.0. The predicted octanol–water partition coefficient (Wildman–Crippen LogP) is 0.960. The van der Waals surface area contributed by atoms with Gasteiger partial charge in [-0.2, -0.15) is 15.1 Å². The third kappa shape index (κ3) is 5.39. The number of para-hydroxylation sites is 1. The van der Waals surface area contributed by atoms with Crippen LogP contribution in [-0.4, -0.2) is 68.3 Å². The minimum atomic E-state index is -4.20. The van der Waals surface area contributed by atoms with Crippen molar-refractivity contribution in [2.45, 2.75) is 43.9 Å². The molecule has 6 atom stereocenters. The zero-order chi connectivity index (χ0) is 27.0. The third-order valence-electron chi connectivity index (χ3n) is 5.91. The number of hydrogen-bond donors (Lipinski definition) is 5. The summed E-state index contributed by atoms with van der Waals surface area (Å²) in [4.78, 5) is 20.0. The first-order valence-electron chi connectivity index (χ1n) is 11.3. The molecule has 1 aliphatic heterocycles. The highest BCUT2D eigenvalue weighted by atomic mass is 31.2. The SMILES string of the molecule is COC(=O)[C@H](C)NP(=O)(OC[C@H]1O[C@@H](n2ccc3c(N)nc(N)nc32)[C@](C)(O)[C@@H]1O)Oc1ccccc1. The summed E-state index contributed by atoms with van der Waals surface area (Å²) < 4.78 is 36.8. The van der Waals surface area contributed by atoms with Gasteiger partial charge in [-0.05, 0) is 32.0 Å². The number of anilines is 2. The number of carbonyl (C=O) groups excluding carboxylic acids is 1. The van der Waals surface area contributed by atoms with Crippen LogP contribution >= 0.6 is 7.75 Å². The number of nitrogens with one attached hydrogen (secondary N) is 1. The van der Waals surface area contributed by atoms with E-state index in [0.717, 1.165) is 0 Å². The Bertz CT molecular complexity index is 1320. The molecule has 3 heterocycles. The van der Waals surface area contributed by atoms with Crippen LogP contribution in [0.1, 0.15) is 20.1 Å². The molecule has 3 aromatic rings. The topological polar surface area (TPSA) is 206 Å². The van der Waals surface area contributed by atoms with E-state index in [-0.39, 0.29) is 23.2 Å². The van der Waals surface area contributed by atoms with E-state index in [1.165, 1.54) is 25.5 Å². The van der Waals surface area contributed by atoms with Gasteiger partial charge >= 0.3 is 13.7 Å². The highest BCUT2D eigenvalue weighted by molar-refractivity contribution is 7.52. The second kappa shape index (κ2) is 10.2. The number of nitrogen functional groups attached to an aromatic ring is 2. The Kier molecular flexibility index (Phi) is 7.42. The summed E-state index contributed by atoms with van der Waals surface area (Å²) in [6.07, 6.45) is -2.21. The number of aliphatic hydroxyl groups excluding tert-OH is 1. The van der Waals surface area contributed by atoms with E-state index < -0.39 is 50.4 Å². The monoisotopic (exact) mass is 536 g/mol. The van der Waals surface area contributed by atoms with Gasteiger partial charge in [0.2, 0.25) is 5.95 Å². The van der Waals surface area contributed by atoms with Crippen molar-refractivity contribution in [2.75, 3.05) is 25.2 Å². The summed E-state index contributed by atoms with van der Waals surface area (Å²) in [6.45, 7) is 2.32. The molecule has 15 heteroatoms. The third-order valence-corrected chi connectivity index (χ3v) is 7.55. The lowest BCUT2D eigenvalue weighted by molar-refractivity contribution is -0.142. The first kappa shape index (κ1) is 26.8. The first-order valence-corrected chi connectivity index (χ1v) is 12.8. The Hall–Kier alpha value is -3.26. The van der Waals surface area contributed by atoms with Crippen LogP contribution < -0.4 is 21.1 Å². The van der Waals surface area contributed by atoms with Crippen molar-refractivity contribution in [3.05, 3.63) is 42.6 Å². The molecule has 2 aromatic heterocycles. The molecule has 0 bridgehead atoms. The van der Waals surface area contributed by atoms with Crippen LogP contribution in [-0.2, 0) is 23.4 Å². The largest absolute Gasteiger partial charge is 0.468 e. The zero-order valence-corrected chi connectivity index (χ0v) is 21.2. The van der Waals surface area contributed by atoms with Crippen LogP contribution in [0.5, 0.6) is 5.75 Å². The van der Waals surface area contributed by atoms with Gasteiger partial charge in [-0.1, -0.05) is 18.2 Å². The number of nitrogens with two attached hydrogens (primary N) is 2. The smallest absolute Gasteiger partial charge is 0.459 e. The van der Waals surface area contributed by atoms with Gasteiger partial charge in [0.05, 0.1) is 19.1 Å². The Labute approximate surface area is 212 Å². The molecule has 0 aliphatic carbocycles. The van der Waals surface area contributed by atoms with E-state index in [1.807, 2.05) is 0 Å². The number of benzene rings is 1. The number of carbonyl (C=O) groups is 1. The molecule has 14 nitrogen and oxygen atoms in total. The zero-order valence-electron chi connectivity index (χ0n) is 20.3. The van der Waals surface area contributed by atoms with Crippen LogP contribution in [0.4, 0.5) is 11.8 Å². The number of fused-ring (bicyclic) bond motifs is 1. The average molecular weight is 536 g/mol. The van der Waals surface area contributed by atoms with Crippen molar-refractivity contribution >= 4 is 36.5 Å². The maximum absolute atomic E-state index is 13.6. The van der Waals surface area contributed by atoms with Crippen LogP contribution in [0.15, 0.2) is 42.6 Å². The summed E-state index contributed by atoms with van der Waals surface area (Å²) in [5.74, 6) is -0.417. The molecular formula is C22H29N6O8P. The molecule has 1 aromatic carbocycles. The fraction of sp³-hybridized carbons (Fsp3) is 0.409. The first-order chi connectivity index (χ1) is 17.4. The van der Waals surface area contributed by atoms with Crippen molar-refractivity contribution in [3.8, 4) is 5.75 Å². The van der Waals surface area contributed by atoms with E-state index in [9.17, 15) is 19.6 Å². The quantitative estimate of drug-likeness (QED) is 0.191. The summed E-state index contributed by atoms with van der Waals surface area (Å²) in [7, 11) is -3.01. The van der Waals surface area contributed by atoms with Gasteiger partial charge < -0.3 is 40.2 Å². The fourth-order valence-electron chi connectivity index (χ4n) is 3.99. The van der Waals surface area contributed by atoms with Gasteiger partial charge in [-0.3, -0.25) is 9.32 Å². The Morgan fingerprint density at radius 3 is 2.68 bits per heavy atom. The minimum Gasteiger partial charge on any atom is -0.468 e. The predicted molar refractivity (Wildman–Crippen MR) is 132 cm³/mol. The Balaban J connectivity index is 1.56. The number of methoxy groups -OCH3 is 1. The van der Waals surface area contributed by atoms with Crippen molar-refractivity contribution in [1.29, 1.82) is 0 Å². The van der Waals surface area contributed by atoms with Crippen molar-refractivity contribution in [2.24, 2.45) is 0 Å². The molecule has 0 saturated carbocycles. The standard InChI is InChI=1S/C22H29N6O8P/c1-12(19(30)33-3)27-37(32,36-13-7-5-4-6-8-13)34-11-15-16(29)22(2,31)20(35-15)28-10-9-14-17(23)25-21(24)26-18(14)28/h4-10,12,15-16,20,29,31H,11H2,1-3H3,(H,27,32)(H4,23,24,25,26)/t12-,15+,16+,20+,22+,37?/m0/s1. The maximum atomic E-state index is 13.6.